The molecule has 0 aromatic carbocycles. The maximum absolute atomic E-state index is 8.34. The number of rotatable bonds is 15. The zero-order valence-electron chi connectivity index (χ0n) is 13.0. The van der Waals surface area contributed by atoms with Crippen molar-refractivity contribution in [2.45, 2.75) is 90.4 Å². The van der Waals surface area contributed by atoms with Gasteiger partial charge in [-0.3, -0.25) is 0 Å². The molecule has 0 aliphatic heterocycles. The van der Waals surface area contributed by atoms with E-state index in [1.807, 2.05) is 0 Å². The number of hydrogen-bond acceptors (Lipinski definition) is 2. The maximum Gasteiger partial charge on any atom is 0.0645 e. The second-order valence-corrected chi connectivity index (χ2v) is 5.41. The molecular formula is C17H33NO. The third kappa shape index (κ3) is 17.4. The Labute approximate surface area is 120 Å². The molecule has 0 unspecified atom stereocenters. The maximum atomic E-state index is 8.34. The number of ether oxygens (including phenoxy) is 1. The molecule has 112 valence electrons. The summed E-state index contributed by atoms with van der Waals surface area (Å²) in [7, 11) is 0. The zero-order chi connectivity index (χ0) is 14.0. The largest absolute Gasteiger partial charge is 0.380 e. The summed E-state index contributed by atoms with van der Waals surface area (Å²) in [6.07, 6.45) is 17.0. The first kappa shape index (κ1) is 18.4. The Balaban J connectivity index is 2.90. The van der Waals surface area contributed by atoms with Gasteiger partial charge in [-0.25, -0.2) is 0 Å². The number of nitrogens with zero attached hydrogens (tertiary/aromatic N) is 1. The minimum absolute atomic E-state index is 0.526. The average Bonchev–Trinajstić information content (AvgIpc) is 2.43. The molecule has 0 heterocycles. The van der Waals surface area contributed by atoms with Crippen molar-refractivity contribution in [1.82, 2.24) is 0 Å². The van der Waals surface area contributed by atoms with Crippen LogP contribution in [0.5, 0.6) is 0 Å². The molecule has 0 N–H and O–H groups in total. The molecule has 19 heavy (non-hydrogen) atoms. The van der Waals surface area contributed by atoms with E-state index in [0.717, 1.165) is 13.0 Å². The van der Waals surface area contributed by atoms with E-state index in [4.69, 9.17) is 10.00 Å². The van der Waals surface area contributed by atoms with Crippen LogP contribution in [-0.4, -0.2) is 13.2 Å². The van der Waals surface area contributed by atoms with Gasteiger partial charge in [0, 0.05) is 6.61 Å². The van der Waals surface area contributed by atoms with Crippen LogP contribution < -0.4 is 0 Å². The molecule has 0 bridgehead atoms. The average molecular weight is 267 g/mol. The topological polar surface area (TPSA) is 33.0 Å². The quantitative estimate of drug-likeness (QED) is 0.361. The van der Waals surface area contributed by atoms with Crippen molar-refractivity contribution in [3.63, 3.8) is 0 Å². The van der Waals surface area contributed by atoms with Crippen LogP contribution in [0.4, 0.5) is 0 Å². The van der Waals surface area contributed by atoms with Crippen LogP contribution in [0.15, 0.2) is 0 Å². The molecule has 0 saturated carbocycles. The number of hydrogen-bond donors (Lipinski definition) is 0. The Hall–Kier alpha value is -0.550. The van der Waals surface area contributed by atoms with Crippen molar-refractivity contribution in [3.05, 3.63) is 0 Å². The predicted octanol–water partition coefficient (Wildman–Crippen LogP) is 5.62. The lowest BCUT2D eigenvalue weighted by Gasteiger charge is -2.03. The van der Waals surface area contributed by atoms with Crippen LogP contribution in [0, 0.1) is 11.3 Å². The van der Waals surface area contributed by atoms with Gasteiger partial charge < -0.3 is 4.74 Å². The highest BCUT2D eigenvalue weighted by Crippen LogP contribution is 2.11. The highest BCUT2D eigenvalue weighted by Gasteiger charge is 1.93. The second kappa shape index (κ2) is 17.4. The summed E-state index contributed by atoms with van der Waals surface area (Å²) in [5.41, 5.74) is 0. The van der Waals surface area contributed by atoms with E-state index in [9.17, 15) is 0 Å². The summed E-state index contributed by atoms with van der Waals surface area (Å²) in [6, 6.07) is 2.09. The molecular weight excluding hydrogens is 234 g/mol. The van der Waals surface area contributed by atoms with E-state index in [1.54, 1.807) is 0 Å². The van der Waals surface area contributed by atoms with E-state index in [0.29, 0.717) is 13.0 Å². The summed E-state index contributed by atoms with van der Waals surface area (Å²) in [6.45, 7) is 3.71. The molecule has 0 spiro atoms. The van der Waals surface area contributed by atoms with E-state index in [2.05, 4.69) is 13.0 Å². The fourth-order valence-corrected chi connectivity index (χ4v) is 2.26. The van der Waals surface area contributed by atoms with Crippen molar-refractivity contribution in [1.29, 1.82) is 5.26 Å². The van der Waals surface area contributed by atoms with Gasteiger partial charge in [0.15, 0.2) is 0 Å². The molecule has 0 aliphatic rings. The third-order valence-electron chi connectivity index (χ3n) is 3.50. The van der Waals surface area contributed by atoms with Gasteiger partial charge in [0.1, 0.15) is 0 Å². The summed E-state index contributed by atoms with van der Waals surface area (Å²) >= 11 is 0. The van der Waals surface area contributed by atoms with E-state index in [1.165, 1.54) is 70.6 Å². The molecule has 0 fully saturated rings. The van der Waals surface area contributed by atoms with Crippen LogP contribution in [-0.2, 0) is 4.74 Å². The summed E-state index contributed by atoms with van der Waals surface area (Å²) < 4.78 is 5.34. The molecule has 0 aromatic heterocycles. The Morgan fingerprint density at radius 2 is 1.16 bits per heavy atom. The van der Waals surface area contributed by atoms with Crippen LogP contribution >= 0.6 is 0 Å². The van der Waals surface area contributed by atoms with E-state index < -0.39 is 0 Å². The van der Waals surface area contributed by atoms with Crippen molar-refractivity contribution < 1.29 is 4.74 Å². The van der Waals surface area contributed by atoms with Gasteiger partial charge >= 0.3 is 0 Å². The van der Waals surface area contributed by atoms with Crippen LogP contribution in [0.1, 0.15) is 90.4 Å². The van der Waals surface area contributed by atoms with Gasteiger partial charge in [-0.2, -0.15) is 5.26 Å². The van der Waals surface area contributed by atoms with Crippen molar-refractivity contribution in [3.8, 4) is 6.07 Å². The van der Waals surface area contributed by atoms with Crippen molar-refractivity contribution >= 4 is 0 Å². The Morgan fingerprint density at radius 1 is 0.684 bits per heavy atom. The van der Waals surface area contributed by atoms with Gasteiger partial charge in [0.2, 0.25) is 0 Å². The third-order valence-corrected chi connectivity index (χ3v) is 3.50. The first-order chi connectivity index (χ1) is 9.41. The Kier molecular flexibility index (Phi) is 16.9. The minimum atomic E-state index is 0.526. The van der Waals surface area contributed by atoms with E-state index in [-0.39, 0.29) is 0 Å². The van der Waals surface area contributed by atoms with Crippen LogP contribution in [0.25, 0.3) is 0 Å². The SMILES string of the molecule is CCCCCCCCCCCCCCOCCC#N. The smallest absolute Gasteiger partial charge is 0.0645 e. The first-order valence-corrected chi connectivity index (χ1v) is 8.36. The Morgan fingerprint density at radius 3 is 1.63 bits per heavy atom. The lowest BCUT2D eigenvalue weighted by molar-refractivity contribution is 0.135. The van der Waals surface area contributed by atoms with Crippen LogP contribution in [0.2, 0.25) is 0 Å². The standard InChI is InChI=1S/C17H33NO/c1-2-3-4-5-6-7-8-9-10-11-12-13-16-19-17-14-15-18/h2-14,16-17H2,1H3. The molecule has 0 aliphatic carbocycles. The van der Waals surface area contributed by atoms with Crippen molar-refractivity contribution in [2.75, 3.05) is 13.2 Å². The molecule has 0 radical (unpaired) electrons. The lowest BCUT2D eigenvalue weighted by Crippen LogP contribution is -1.95. The molecule has 0 saturated heterocycles. The number of nitriles is 1. The predicted molar refractivity (Wildman–Crippen MR) is 82.1 cm³/mol. The molecule has 2 heteroatoms. The highest BCUT2D eigenvalue weighted by molar-refractivity contribution is 4.66. The molecule has 0 amide bonds. The van der Waals surface area contributed by atoms with Gasteiger partial charge in [-0.05, 0) is 6.42 Å². The van der Waals surface area contributed by atoms with Gasteiger partial charge in [-0.15, -0.1) is 0 Å². The Bertz CT molecular complexity index is 198. The van der Waals surface area contributed by atoms with Crippen molar-refractivity contribution in [2.24, 2.45) is 0 Å². The minimum Gasteiger partial charge on any atom is -0.380 e. The fourth-order valence-electron chi connectivity index (χ4n) is 2.26. The van der Waals surface area contributed by atoms with E-state index >= 15 is 0 Å². The number of unbranched alkanes of at least 4 members (excludes halogenated alkanes) is 11. The monoisotopic (exact) mass is 267 g/mol. The highest BCUT2D eigenvalue weighted by atomic mass is 16.5. The molecule has 0 aromatic rings. The lowest BCUT2D eigenvalue weighted by atomic mass is 10.1. The summed E-state index contributed by atoms with van der Waals surface area (Å²) in [5.74, 6) is 0. The zero-order valence-corrected chi connectivity index (χ0v) is 13.0. The van der Waals surface area contributed by atoms with Gasteiger partial charge in [0.25, 0.3) is 0 Å². The second-order valence-electron chi connectivity index (χ2n) is 5.41. The fraction of sp³-hybridized carbons (Fsp3) is 0.941. The first-order valence-electron chi connectivity index (χ1n) is 8.36. The normalized spacial score (nSPS) is 10.5. The van der Waals surface area contributed by atoms with Crippen LogP contribution in [0.3, 0.4) is 0 Å². The van der Waals surface area contributed by atoms with Gasteiger partial charge in [0.05, 0.1) is 19.1 Å². The summed E-state index contributed by atoms with van der Waals surface area (Å²) in [5, 5.41) is 8.34. The summed E-state index contributed by atoms with van der Waals surface area (Å²) in [4.78, 5) is 0. The van der Waals surface area contributed by atoms with Gasteiger partial charge in [-0.1, -0.05) is 77.6 Å². The molecule has 0 atom stereocenters. The molecule has 2 nitrogen and oxygen atoms in total. The molecule has 0 rings (SSSR count).